The van der Waals surface area contributed by atoms with Crippen LogP contribution < -0.4 is 5.32 Å². The summed E-state index contributed by atoms with van der Waals surface area (Å²) in [6.45, 7) is 0.0253. The van der Waals surface area contributed by atoms with Gasteiger partial charge in [-0.15, -0.1) is 0 Å². The Morgan fingerprint density at radius 3 is 2.40 bits per heavy atom. The van der Waals surface area contributed by atoms with E-state index >= 15 is 0 Å². The van der Waals surface area contributed by atoms with Gasteiger partial charge in [0.25, 0.3) is 0 Å². The highest BCUT2D eigenvalue weighted by Gasteiger charge is 2.34. The second-order valence-corrected chi connectivity index (χ2v) is 3.20. The largest absolute Gasteiger partial charge is 0.304 e. The van der Waals surface area contributed by atoms with Crippen LogP contribution in [0.5, 0.6) is 0 Å². The zero-order chi connectivity index (χ0) is 7.72. The minimum atomic E-state index is -0.806. The van der Waals surface area contributed by atoms with Gasteiger partial charge in [-0.3, -0.25) is 14.9 Å². The van der Waals surface area contributed by atoms with E-state index in [1.807, 2.05) is 0 Å². The van der Waals surface area contributed by atoms with Crippen molar-refractivity contribution >= 4 is 27.2 Å². The molecule has 5 heteroatoms. The lowest BCUT2D eigenvalue weighted by Gasteiger charge is -1.99. The third-order valence-electron chi connectivity index (χ3n) is 1.41. The van der Waals surface area contributed by atoms with Crippen molar-refractivity contribution in [2.45, 2.75) is 6.04 Å². The summed E-state index contributed by atoms with van der Waals surface area (Å²) in [7, 11) is 0.316. The molecular formula is C5H7NO3Si. The first-order valence-electron chi connectivity index (χ1n) is 2.94. The van der Waals surface area contributed by atoms with E-state index in [4.69, 9.17) is 0 Å². The third kappa shape index (κ3) is 1.05. The van der Waals surface area contributed by atoms with Crippen LogP contribution in [-0.2, 0) is 14.4 Å². The van der Waals surface area contributed by atoms with Crippen LogP contribution in [0.25, 0.3) is 0 Å². The average molecular weight is 157 g/mol. The number of Topliss-reactive ketones (excluding diaryl/α,β-unsaturated/α-hetero) is 2. The minimum Gasteiger partial charge on any atom is -0.304 e. The highest BCUT2D eigenvalue weighted by Crippen LogP contribution is 1.95. The minimum absolute atomic E-state index is 0.0253. The second kappa shape index (κ2) is 2.43. The van der Waals surface area contributed by atoms with Crippen LogP contribution in [-0.4, -0.2) is 39.8 Å². The van der Waals surface area contributed by atoms with Gasteiger partial charge >= 0.3 is 0 Å². The fourth-order valence-corrected chi connectivity index (χ4v) is 1.33. The topological polar surface area (TPSA) is 63.2 Å². The quantitative estimate of drug-likeness (QED) is 0.250. The Labute approximate surface area is 60.4 Å². The van der Waals surface area contributed by atoms with Crippen LogP contribution in [0.1, 0.15) is 0 Å². The van der Waals surface area contributed by atoms with Crippen molar-refractivity contribution in [2.75, 3.05) is 6.54 Å². The molecular weight excluding hydrogens is 150 g/mol. The number of hydrogen-bond acceptors (Lipinski definition) is 4. The molecule has 10 heavy (non-hydrogen) atoms. The summed E-state index contributed by atoms with van der Waals surface area (Å²) in [5, 5.41) is 2.39. The maximum Gasteiger partial charge on any atom is 0.223 e. The molecule has 1 saturated heterocycles. The molecule has 1 rings (SSSR count). The monoisotopic (exact) mass is 157 g/mol. The lowest BCUT2D eigenvalue weighted by Crippen LogP contribution is -2.36. The second-order valence-electron chi connectivity index (χ2n) is 2.21. The fourth-order valence-electron chi connectivity index (χ4n) is 0.864. The summed E-state index contributed by atoms with van der Waals surface area (Å²) in [6, 6.07) is -0.806. The van der Waals surface area contributed by atoms with Crippen LogP contribution in [0.2, 0.25) is 0 Å². The number of ketones is 2. The summed E-state index contributed by atoms with van der Waals surface area (Å²) >= 11 is 0. The van der Waals surface area contributed by atoms with Crippen molar-refractivity contribution in [1.82, 2.24) is 5.32 Å². The third-order valence-corrected chi connectivity index (χ3v) is 1.99. The SMILES string of the molecule is O=C1CNC(C(=O)[SiH3])C1=O. The van der Waals surface area contributed by atoms with Gasteiger partial charge in [-0.05, 0) is 0 Å². The lowest BCUT2D eigenvalue weighted by atomic mass is 10.2. The first-order chi connectivity index (χ1) is 4.63. The Balaban J connectivity index is 2.76. The number of carbonyl (C=O) groups is 3. The standard InChI is InChI=1S/C5H7NO3Si/c7-2-1-6-3(4(2)8)5(9)10/h3,6H,1H2,10H3. The van der Waals surface area contributed by atoms with Gasteiger partial charge in [-0.1, -0.05) is 0 Å². The molecule has 0 radical (unpaired) electrons. The van der Waals surface area contributed by atoms with Gasteiger partial charge in [0, 0.05) is 0 Å². The van der Waals surface area contributed by atoms with Crippen LogP contribution in [0.15, 0.2) is 0 Å². The van der Waals surface area contributed by atoms with E-state index < -0.39 is 17.6 Å². The molecule has 0 aromatic carbocycles. The van der Waals surface area contributed by atoms with Crippen LogP contribution in [0.4, 0.5) is 0 Å². The summed E-state index contributed by atoms with van der Waals surface area (Å²) in [5.41, 5.74) is 0. The van der Waals surface area contributed by atoms with Crippen molar-refractivity contribution in [1.29, 1.82) is 0 Å². The van der Waals surface area contributed by atoms with Gasteiger partial charge < -0.3 is 4.79 Å². The van der Waals surface area contributed by atoms with Crippen molar-refractivity contribution in [3.05, 3.63) is 0 Å². The predicted molar refractivity (Wildman–Crippen MR) is 36.8 cm³/mol. The Kier molecular flexibility index (Phi) is 1.77. The van der Waals surface area contributed by atoms with Gasteiger partial charge in [-0.25, -0.2) is 0 Å². The van der Waals surface area contributed by atoms with Gasteiger partial charge in [-0.2, -0.15) is 0 Å². The summed E-state index contributed by atoms with van der Waals surface area (Å²) in [4.78, 5) is 31.9. The summed E-state index contributed by atoms with van der Waals surface area (Å²) in [5.74, 6) is -1.05. The zero-order valence-corrected chi connectivity index (χ0v) is 7.51. The van der Waals surface area contributed by atoms with Crippen molar-refractivity contribution in [2.24, 2.45) is 0 Å². The van der Waals surface area contributed by atoms with E-state index in [-0.39, 0.29) is 12.0 Å². The molecule has 0 aromatic rings. The predicted octanol–water partition coefficient (Wildman–Crippen LogP) is -3.01. The van der Waals surface area contributed by atoms with E-state index in [2.05, 4.69) is 5.32 Å². The maximum atomic E-state index is 10.7. The fraction of sp³-hybridized carbons (Fsp3) is 0.400. The molecule has 0 bridgehead atoms. The van der Waals surface area contributed by atoms with Gasteiger partial charge in [0.2, 0.25) is 11.6 Å². The van der Waals surface area contributed by atoms with Crippen LogP contribution in [0.3, 0.4) is 0 Å². The van der Waals surface area contributed by atoms with Crippen molar-refractivity contribution in [3.63, 3.8) is 0 Å². The number of hydrogen-bond donors (Lipinski definition) is 1. The molecule has 1 heterocycles. The Morgan fingerprint density at radius 2 is 2.20 bits per heavy atom. The molecule has 1 aliphatic rings. The molecule has 0 saturated carbocycles. The van der Waals surface area contributed by atoms with Gasteiger partial charge in [0.05, 0.1) is 16.8 Å². The van der Waals surface area contributed by atoms with Gasteiger partial charge in [0.15, 0.2) is 0 Å². The van der Waals surface area contributed by atoms with Crippen molar-refractivity contribution in [3.8, 4) is 0 Å². The van der Waals surface area contributed by atoms with E-state index in [1.54, 1.807) is 0 Å². The van der Waals surface area contributed by atoms with Gasteiger partial charge in [0.1, 0.15) is 11.4 Å². The average Bonchev–Trinajstić information content (AvgIpc) is 2.14. The molecule has 0 aromatic heterocycles. The smallest absolute Gasteiger partial charge is 0.223 e. The zero-order valence-electron chi connectivity index (χ0n) is 5.51. The molecule has 0 amide bonds. The van der Waals surface area contributed by atoms with E-state index in [9.17, 15) is 14.4 Å². The molecule has 1 atom stereocenters. The van der Waals surface area contributed by atoms with Crippen molar-refractivity contribution < 1.29 is 14.4 Å². The van der Waals surface area contributed by atoms with E-state index in [0.717, 1.165) is 0 Å². The van der Waals surface area contributed by atoms with Crippen LogP contribution >= 0.6 is 0 Å². The van der Waals surface area contributed by atoms with E-state index in [0.29, 0.717) is 10.2 Å². The first kappa shape index (κ1) is 7.30. The Hall–Kier alpha value is -0.813. The highest BCUT2D eigenvalue weighted by atomic mass is 28.1. The summed E-state index contributed by atoms with van der Waals surface area (Å²) < 4.78 is 0. The molecule has 1 unspecified atom stereocenters. The molecule has 1 aliphatic heterocycles. The molecule has 54 valence electrons. The number of carbonyl (C=O) groups excluding carboxylic acids is 3. The van der Waals surface area contributed by atoms with E-state index in [1.165, 1.54) is 0 Å². The molecule has 0 spiro atoms. The highest BCUT2D eigenvalue weighted by molar-refractivity contribution is 6.65. The molecule has 1 fully saturated rings. The summed E-state index contributed by atoms with van der Waals surface area (Å²) in [6.07, 6.45) is 0. The number of rotatable bonds is 1. The molecule has 1 N–H and O–H groups in total. The Bertz CT molecular complexity index is 213. The number of nitrogens with one attached hydrogen (secondary N) is 1. The normalized spacial score (nSPS) is 25.8. The molecule has 4 nitrogen and oxygen atoms in total. The molecule has 0 aliphatic carbocycles. The van der Waals surface area contributed by atoms with Crippen LogP contribution in [0, 0.1) is 0 Å². The lowest BCUT2D eigenvalue weighted by molar-refractivity contribution is -0.135. The Morgan fingerprint density at radius 1 is 1.60 bits per heavy atom. The maximum absolute atomic E-state index is 10.7. The first-order valence-corrected chi connectivity index (χ1v) is 3.94.